The summed E-state index contributed by atoms with van der Waals surface area (Å²) >= 11 is 6.14. The fourth-order valence-corrected chi connectivity index (χ4v) is 2.38. The number of benzene rings is 1. The molecule has 0 amide bonds. The second-order valence-corrected chi connectivity index (χ2v) is 5.52. The van der Waals surface area contributed by atoms with Crippen LogP contribution in [0.15, 0.2) is 59.7 Å². The summed E-state index contributed by atoms with van der Waals surface area (Å²) in [5.41, 5.74) is 1.03. The van der Waals surface area contributed by atoms with Crippen LogP contribution in [0.2, 0.25) is 5.02 Å². The third-order valence-electron chi connectivity index (χ3n) is 3.40. The van der Waals surface area contributed by atoms with E-state index in [0.29, 0.717) is 17.1 Å². The van der Waals surface area contributed by atoms with Gasteiger partial charge in [-0.1, -0.05) is 29.8 Å². The van der Waals surface area contributed by atoms with Gasteiger partial charge in [0.25, 0.3) is 5.56 Å². The fraction of sp³-hybridized carbons (Fsp3) is 0.118. The van der Waals surface area contributed by atoms with Crippen molar-refractivity contribution < 1.29 is 13.5 Å². The molecule has 0 bridgehead atoms. The Bertz CT molecular complexity index is 934. The molecule has 0 saturated carbocycles. The van der Waals surface area contributed by atoms with Gasteiger partial charge >= 0.3 is 6.61 Å². The van der Waals surface area contributed by atoms with Crippen LogP contribution < -0.4 is 15.6 Å². The minimum atomic E-state index is -2.90. The number of pyridine rings is 1. The van der Waals surface area contributed by atoms with Crippen LogP contribution in [0.1, 0.15) is 5.69 Å². The molecule has 6 nitrogen and oxygen atoms in total. The van der Waals surface area contributed by atoms with E-state index in [4.69, 9.17) is 11.6 Å². The summed E-state index contributed by atoms with van der Waals surface area (Å²) in [5, 5.41) is 7.04. The van der Waals surface area contributed by atoms with E-state index in [1.165, 1.54) is 29.2 Å². The van der Waals surface area contributed by atoms with Gasteiger partial charge in [-0.15, -0.1) is 0 Å². The number of para-hydroxylation sites is 1. The van der Waals surface area contributed by atoms with Crippen LogP contribution in [0, 0.1) is 0 Å². The summed E-state index contributed by atoms with van der Waals surface area (Å²) in [4.78, 5) is 16.4. The molecule has 0 radical (unpaired) electrons. The number of alkyl halides is 2. The highest BCUT2D eigenvalue weighted by Gasteiger charge is 2.11. The summed E-state index contributed by atoms with van der Waals surface area (Å²) in [7, 11) is 0. The normalized spacial score (nSPS) is 10.8. The number of halogens is 3. The Balaban J connectivity index is 1.73. The maximum Gasteiger partial charge on any atom is 0.387 e. The number of nitrogens with zero attached hydrogens (tertiary/aromatic N) is 3. The summed E-state index contributed by atoms with van der Waals surface area (Å²) in [6.07, 6.45) is 2.63. The highest BCUT2D eigenvalue weighted by atomic mass is 35.5. The van der Waals surface area contributed by atoms with Crippen molar-refractivity contribution in [3.8, 4) is 11.4 Å². The molecule has 2 aromatic heterocycles. The Morgan fingerprint density at radius 2 is 1.92 bits per heavy atom. The summed E-state index contributed by atoms with van der Waals surface area (Å²) in [6.45, 7) is -2.67. The van der Waals surface area contributed by atoms with E-state index in [2.05, 4.69) is 20.1 Å². The predicted molar refractivity (Wildman–Crippen MR) is 93.0 cm³/mol. The van der Waals surface area contributed by atoms with Gasteiger partial charge in [0.05, 0.1) is 36.0 Å². The van der Waals surface area contributed by atoms with Gasteiger partial charge in [-0.25, -0.2) is 0 Å². The molecular formula is C17H13ClF2N4O2. The largest absolute Gasteiger partial charge is 0.433 e. The van der Waals surface area contributed by atoms with Gasteiger partial charge in [0.2, 0.25) is 0 Å². The van der Waals surface area contributed by atoms with Gasteiger partial charge in [-0.3, -0.25) is 9.78 Å². The Hall–Kier alpha value is -3.00. The molecule has 0 atom stereocenters. The van der Waals surface area contributed by atoms with Crippen LogP contribution in [0.25, 0.3) is 5.69 Å². The van der Waals surface area contributed by atoms with Gasteiger partial charge in [-0.2, -0.15) is 18.6 Å². The summed E-state index contributed by atoms with van der Waals surface area (Å²) in [5.74, 6) is -0.0334. The van der Waals surface area contributed by atoms with Crippen LogP contribution in [0.5, 0.6) is 5.75 Å². The number of nitrogens with one attached hydrogen (secondary N) is 1. The van der Waals surface area contributed by atoms with Crippen molar-refractivity contribution in [2.24, 2.45) is 0 Å². The second-order valence-electron chi connectivity index (χ2n) is 5.14. The first-order valence-corrected chi connectivity index (χ1v) is 7.89. The van der Waals surface area contributed by atoms with E-state index in [0.717, 1.165) is 0 Å². The first-order valence-electron chi connectivity index (χ1n) is 7.51. The number of hydrogen-bond acceptors (Lipinski definition) is 5. The van der Waals surface area contributed by atoms with Crippen molar-refractivity contribution in [2.45, 2.75) is 13.2 Å². The van der Waals surface area contributed by atoms with Crippen molar-refractivity contribution in [3.05, 3.63) is 75.9 Å². The van der Waals surface area contributed by atoms with E-state index in [1.807, 2.05) is 6.07 Å². The minimum Gasteiger partial charge on any atom is -0.433 e. The first kappa shape index (κ1) is 17.8. The topological polar surface area (TPSA) is 69.0 Å². The maximum atomic E-state index is 12.4. The zero-order valence-corrected chi connectivity index (χ0v) is 14.0. The van der Waals surface area contributed by atoms with Crippen molar-refractivity contribution >= 4 is 17.3 Å². The molecule has 0 aliphatic heterocycles. The molecule has 3 rings (SSSR count). The number of ether oxygens (including phenoxy) is 1. The van der Waals surface area contributed by atoms with Crippen LogP contribution in [0.4, 0.5) is 14.5 Å². The quantitative estimate of drug-likeness (QED) is 0.711. The molecule has 0 fully saturated rings. The Labute approximate surface area is 152 Å². The number of anilines is 1. The molecule has 9 heteroatoms. The predicted octanol–water partition coefficient (Wildman–Crippen LogP) is 3.49. The molecule has 0 aliphatic carbocycles. The molecule has 1 N–H and O–H groups in total. The summed E-state index contributed by atoms with van der Waals surface area (Å²) in [6, 6.07) is 11.8. The van der Waals surface area contributed by atoms with E-state index in [-0.39, 0.29) is 17.3 Å². The lowest BCUT2D eigenvalue weighted by molar-refractivity contribution is -0.0500. The van der Waals surface area contributed by atoms with Gasteiger partial charge in [-0.05, 0) is 24.3 Å². The highest BCUT2D eigenvalue weighted by molar-refractivity contribution is 6.32. The molecule has 1 aromatic carbocycles. The first-order chi connectivity index (χ1) is 12.5. The van der Waals surface area contributed by atoms with E-state index >= 15 is 0 Å². The zero-order chi connectivity index (χ0) is 18.5. The van der Waals surface area contributed by atoms with Crippen molar-refractivity contribution in [1.29, 1.82) is 0 Å². The Kier molecular flexibility index (Phi) is 5.43. The smallest absolute Gasteiger partial charge is 0.387 e. The monoisotopic (exact) mass is 378 g/mol. The molecule has 2 heterocycles. The number of rotatable bonds is 6. The van der Waals surface area contributed by atoms with E-state index < -0.39 is 12.2 Å². The Morgan fingerprint density at radius 1 is 1.15 bits per heavy atom. The van der Waals surface area contributed by atoms with Gasteiger partial charge in [0.1, 0.15) is 10.8 Å². The minimum absolute atomic E-state index is 0.0125. The maximum absolute atomic E-state index is 12.4. The summed E-state index contributed by atoms with van der Waals surface area (Å²) < 4.78 is 29.7. The van der Waals surface area contributed by atoms with Crippen LogP contribution in [0.3, 0.4) is 0 Å². The zero-order valence-electron chi connectivity index (χ0n) is 13.3. The van der Waals surface area contributed by atoms with Crippen LogP contribution in [-0.4, -0.2) is 21.4 Å². The highest BCUT2D eigenvalue weighted by Crippen LogP contribution is 2.18. The lowest BCUT2D eigenvalue weighted by Gasteiger charge is -2.10. The third kappa shape index (κ3) is 4.15. The third-order valence-corrected chi connectivity index (χ3v) is 3.77. The molecule has 0 saturated heterocycles. The standard InChI is InChI=1S/C17H13ClF2N4O2/c18-15-14(10-23-24(16(15)25)12-4-2-1-3-5-12)22-8-11-6-7-13(9-21-11)26-17(19)20/h1-7,9-10,17,22H,8H2. The average molecular weight is 379 g/mol. The Morgan fingerprint density at radius 3 is 2.58 bits per heavy atom. The average Bonchev–Trinajstić information content (AvgIpc) is 2.64. The fourth-order valence-electron chi connectivity index (χ4n) is 2.18. The number of aromatic nitrogens is 3. The van der Waals surface area contributed by atoms with Crippen molar-refractivity contribution in [1.82, 2.24) is 14.8 Å². The molecular weight excluding hydrogens is 366 g/mol. The van der Waals surface area contributed by atoms with E-state index in [1.54, 1.807) is 24.3 Å². The lowest BCUT2D eigenvalue weighted by atomic mass is 10.3. The molecule has 0 unspecified atom stereocenters. The molecule has 26 heavy (non-hydrogen) atoms. The van der Waals surface area contributed by atoms with Crippen LogP contribution >= 0.6 is 11.6 Å². The van der Waals surface area contributed by atoms with E-state index in [9.17, 15) is 13.6 Å². The van der Waals surface area contributed by atoms with Gasteiger partial charge in [0.15, 0.2) is 0 Å². The van der Waals surface area contributed by atoms with Crippen molar-refractivity contribution in [3.63, 3.8) is 0 Å². The molecule has 0 spiro atoms. The van der Waals surface area contributed by atoms with Crippen LogP contribution in [-0.2, 0) is 6.54 Å². The van der Waals surface area contributed by atoms with Gasteiger partial charge in [0, 0.05) is 0 Å². The molecule has 0 aliphatic rings. The van der Waals surface area contributed by atoms with Crippen molar-refractivity contribution in [2.75, 3.05) is 5.32 Å². The second kappa shape index (κ2) is 7.92. The lowest BCUT2D eigenvalue weighted by Crippen LogP contribution is -2.22. The SMILES string of the molecule is O=c1c(Cl)c(NCc2ccc(OC(F)F)cn2)cnn1-c1ccccc1. The van der Waals surface area contributed by atoms with Gasteiger partial charge < -0.3 is 10.1 Å². The number of hydrogen-bond donors (Lipinski definition) is 1. The molecule has 3 aromatic rings. The molecule has 134 valence electrons.